The molecule has 0 fully saturated rings. The molecule has 3 nitrogen and oxygen atoms in total. The molecule has 0 aliphatic rings. The number of benzene rings is 1. The van der Waals surface area contributed by atoms with E-state index in [-0.39, 0.29) is 5.78 Å². The van der Waals surface area contributed by atoms with Gasteiger partial charge in [0, 0.05) is 29.8 Å². The summed E-state index contributed by atoms with van der Waals surface area (Å²) < 4.78 is 0. The van der Waals surface area contributed by atoms with Crippen LogP contribution in [0.4, 0.5) is 0 Å². The number of carbonyl (C=O) groups is 1. The quantitative estimate of drug-likeness (QED) is 0.622. The second-order valence-corrected chi connectivity index (χ2v) is 4.89. The van der Waals surface area contributed by atoms with Gasteiger partial charge in [0.2, 0.25) is 0 Å². The molecule has 0 saturated heterocycles. The lowest BCUT2D eigenvalue weighted by Crippen LogP contribution is -1.99. The molecule has 0 aliphatic heterocycles. The van der Waals surface area contributed by atoms with Crippen molar-refractivity contribution in [1.82, 2.24) is 0 Å². The van der Waals surface area contributed by atoms with E-state index in [2.05, 4.69) is 22.1 Å². The first-order valence-corrected chi connectivity index (χ1v) is 6.74. The Balaban J connectivity index is 2.28. The smallest absolute Gasteiger partial charge is 0.170 e. The molecule has 0 N–H and O–H groups in total. The molecule has 0 spiro atoms. The van der Waals surface area contributed by atoms with Crippen molar-refractivity contribution in [3.05, 3.63) is 47.3 Å². The van der Waals surface area contributed by atoms with Crippen molar-refractivity contribution >= 4 is 29.2 Å². The third kappa shape index (κ3) is 3.45. The zero-order valence-electron chi connectivity index (χ0n) is 10.8. The van der Waals surface area contributed by atoms with Crippen LogP contribution in [0.1, 0.15) is 12.5 Å². The van der Waals surface area contributed by atoms with Gasteiger partial charge in [0.15, 0.2) is 11.6 Å². The molecule has 1 aromatic heterocycles. The van der Waals surface area contributed by atoms with Crippen LogP contribution >= 0.6 is 11.3 Å². The molecule has 0 aliphatic carbocycles. The maximum Gasteiger partial charge on any atom is 0.170 e. The molecule has 19 heavy (non-hydrogen) atoms. The lowest BCUT2D eigenvalue weighted by molar-refractivity contribution is -0.110. The van der Waals surface area contributed by atoms with E-state index in [4.69, 9.17) is 0 Å². The molecule has 4 heteroatoms. The van der Waals surface area contributed by atoms with E-state index in [1.807, 2.05) is 29.6 Å². The molecule has 0 radical (unpaired) electrons. The van der Waals surface area contributed by atoms with Crippen LogP contribution in [0, 0.1) is 0 Å². The number of ketones is 1. The highest BCUT2D eigenvalue weighted by Crippen LogP contribution is 2.27. The number of amidine groups is 1. The molecule has 1 aromatic carbocycles. The van der Waals surface area contributed by atoms with Gasteiger partial charge >= 0.3 is 0 Å². The number of nitrogens with zero attached hydrogens (tertiary/aromatic N) is 2. The Bertz CT molecular complexity index is 627. The molecule has 96 valence electrons. The Morgan fingerprint density at radius 1 is 1.26 bits per heavy atom. The summed E-state index contributed by atoms with van der Waals surface area (Å²) in [5.41, 5.74) is 2.11. The summed E-state index contributed by atoms with van der Waals surface area (Å²) in [5.74, 6) is 0.494. The molecule has 0 amide bonds. The maximum atomic E-state index is 10.9. The molecular weight excluding hydrogens is 256 g/mol. The summed E-state index contributed by atoms with van der Waals surface area (Å²) in [4.78, 5) is 20.3. The Hall–Kier alpha value is -2.07. The van der Waals surface area contributed by atoms with Gasteiger partial charge in [0.25, 0.3) is 0 Å². The van der Waals surface area contributed by atoms with Crippen LogP contribution in [0.25, 0.3) is 10.4 Å². The molecule has 0 saturated carbocycles. The van der Waals surface area contributed by atoms with Crippen molar-refractivity contribution in [2.24, 2.45) is 9.98 Å². The van der Waals surface area contributed by atoms with Crippen molar-refractivity contribution in [3.63, 3.8) is 0 Å². The van der Waals surface area contributed by atoms with Crippen LogP contribution in [0.15, 0.2) is 51.8 Å². The van der Waals surface area contributed by atoms with E-state index in [1.165, 1.54) is 18.7 Å². The Labute approximate surface area is 116 Å². The number of hydrogen-bond donors (Lipinski definition) is 0. The summed E-state index contributed by atoms with van der Waals surface area (Å²) in [6.45, 7) is 1.47. The van der Waals surface area contributed by atoms with Gasteiger partial charge in [-0.2, -0.15) is 0 Å². The largest absolute Gasteiger partial charge is 0.293 e. The minimum absolute atomic E-state index is 0.0836. The van der Waals surface area contributed by atoms with Crippen LogP contribution < -0.4 is 0 Å². The Kier molecular flexibility index (Phi) is 4.36. The molecule has 0 bridgehead atoms. The number of rotatable bonds is 3. The number of carbonyl (C=O) groups excluding carboxylic acids is 1. The minimum Gasteiger partial charge on any atom is -0.293 e. The number of Topliss-reactive ketones (excluding diaryl/α,β-unsaturated/α-hetero) is 1. The first-order valence-electron chi connectivity index (χ1n) is 5.86. The van der Waals surface area contributed by atoms with Crippen LogP contribution in [-0.4, -0.2) is 24.9 Å². The lowest BCUT2D eigenvalue weighted by Gasteiger charge is -1.96. The molecule has 2 rings (SSSR count). The predicted octanol–water partition coefficient (Wildman–Crippen LogP) is 3.45. The van der Waals surface area contributed by atoms with Crippen molar-refractivity contribution in [1.29, 1.82) is 0 Å². The van der Waals surface area contributed by atoms with E-state index in [1.54, 1.807) is 18.4 Å². The van der Waals surface area contributed by atoms with Gasteiger partial charge in [-0.05, 0) is 11.6 Å². The molecular formula is C15H14N2OS. The number of thiophene rings is 1. The number of hydrogen-bond acceptors (Lipinski definition) is 3. The van der Waals surface area contributed by atoms with E-state index in [0.29, 0.717) is 5.84 Å². The van der Waals surface area contributed by atoms with Gasteiger partial charge in [-0.25, -0.2) is 4.99 Å². The van der Waals surface area contributed by atoms with Crippen molar-refractivity contribution in [2.45, 2.75) is 6.92 Å². The number of aliphatic imine (C=N–C) groups is 2. The van der Waals surface area contributed by atoms with Crippen molar-refractivity contribution in [2.75, 3.05) is 7.05 Å². The van der Waals surface area contributed by atoms with Crippen molar-refractivity contribution < 1.29 is 4.79 Å². The topological polar surface area (TPSA) is 41.8 Å². The fraction of sp³-hybridized carbons (Fsp3) is 0.133. The SMILES string of the molecule is CN=C(N=CC(C)=O)c1csc(-c2ccccc2)c1. The fourth-order valence-corrected chi connectivity index (χ4v) is 2.52. The highest BCUT2D eigenvalue weighted by atomic mass is 32.1. The van der Waals surface area contributed by atoms with Crippen LogP contribution in [-0.2, 0) is 4.79 Å². The predicted molar refractivity (Wildman–Crippen MR) is 81.4 cm³/mol. The monoisotopic (exact) mass is 270 g/mol. The third-order valence-electron chi connectivity index (χ3n) is 2.50. The second kappa shape index (κ2) is 6.20. The first kappa shape index (κ1) is 13.4. The normalized spacial score (nSPS) is 12.0. The summed E-state index contributed by atoms with van der Waals surface area (Å²) in [6.07, 6.45) is 1.29. The van der Waals surface area contributed by atoms with Crippen LogP contribution in [0.5, 0.6) is 0 Å². The summed E-state index contributed by atoms with van der Waals surface area (Å²) in [5, 5.41) is 2.00. The second-order valence-electron chi connectivity index (χ2n) is 3.98. The molecule has 0 atom stereocenters. The first-order chi connectivity index (χ1) is 9.20. The van der Waals surface area contributed by atoms with Crippen molar-refractivity contribution in [3.8, 4) is 10.4 Å². The fourth-order valence-electron chi connectivity index (χ4n) is 1.62. The highest BCUT2D eigenvalue weighted by molar-refractivity contribution is 7.13. The minimum atomic E-state index is -0.0836. The van der Waals surface area contributed by atoms with Crippen LogP contribution in [0.3, 0.4) is 0 Å². The standard InChI is InChI=1S/C15H14N2OS/c1-11(18)9-17-15(16-2)13-8-14(19-10-13)12-6-4-3-5-7-12/h3-10H,1-2H3. The molecule has 0 unspecified atom stereocenters. The zero-order valence-corrected chi connectivity index (χ0v) is 11.6. The molecule has 2 aromatic rings. The van der Waals surface area contributed by atoms with E-state index in [9.17, 15) is 4.79 Å². The highest BCUT2D eigenvalue weighted by Gasteiger charge is 2.06. The summed E-state index contributed by atoms with van der Waals surface area (Å²) in [7, 11) is 1.67. The Morgan fingerprint density at radius 3 is 2.63 bits per heavy atom. The van der Waals surface area contributed by atoms with Gasteiger partial charge < -0.3 is 0 Å². The van der Waals surface area contributed by atoms with Gasteiger partial charge in [0.1, 0.15) is 0 Å². The maximum absolute atomic E-state index is 10.9. The van der Waals surface area contributed by atoms with E-state index >= 15 is 0 Å². The van der Waals surface area contributed by atoms with Gasteiger partial charge in [-0.15, -0.1) is 11.3 Å². The average molecular weight is 270 g/mol. The van der Waals surface area contributed by atoms with Gasteiger partial charge in [0.05, 0.1) is 6.21 Å². The lowest BCUT2D eigenvalue weighted by atomic mass is 10.1. The zero-order chi connectivity index (χ0) is 13.7. The third-order valence-corrected chi connectivity index (χ3v) is 3.48. The van der Waals surface area contributed by atoms with E-state index < -0.39 is 0 Å². The molecule has 1 heterocycles. The van der Waals surface area contributed by atoms with Crippen LogP contribution in [0.2, 0.25) is 0 Å². The summed E-state index contributed by atoms with van der Waals surface area (Å²) >= 11 is 1.64. The van der Waals surface area contributed by atoms with E-state index in [0.717, 1.165) is 10.4 Å². The Morgan fingerprint density at radius 2 is 2.00 bits per heavy atom. The summed E-state index contributed by atoms with van der Waals surface area (Å²) in [6, 6.07) is 12.2. The van der Waals surface area contributed by atoms with Gasteiger partial charge in [-0.3, -0.25) is 9.79 Å². The average Bonchev–Trinajstić information content (AvgIpc) is 2.90. The van der Waals surface area contributed by atoms with Gasteiger partial charge in [-0.1, -0.05) is 30.3 Å².